The standard InChI is InChI=1S/C18H25N5O2/c1-18(2,14-6-4-5-7-16(14)25-3)20-17(24)15-12-23(22-21-15)13-8-10-19-11-9-13/h4-7,12-13,19H,8-11H2,1-3H3,(H,20,24). The molecule has 0 atom stereocenters. The fourth-order valence-electron chi connectivity index (χ4n) is 3.21. The summed E-state index contributed by atoms with van der Waals surface area (Å²) in [5.41, 5.74) is 0.653. The quantitative estimate of drug-likeness (QED) is 0.866. The van der Waals surface area contributed by atoms with Gasteiger partial charge in [-0.3, -0.25) is 4.79 Å². The number of hydrogen-bond acceptors (Lipinski definition) is 5. The van der Waals surface area contributed by atoms with Crippen LogP contribution in [0, 0.1) is 0 Å². The van der Waals surface area contributed by atoms with Crippen molar-refractivity contribution < 1.29 is 9.53 Å². The van der Waals surface area contributed by atoms with Gasteiger partial charge in [-0.2, -0.15) is 0 Å². The van der Waals surface area contributed by atoms with Gasteiger partial charge in [-0.05, 0) is 45.8 Å². The van der Waals surface area contributed by atoms with Crippen LogP contribution in [0.15, 0.2) is 30.5 Å². The average Bonchev–Trinajstić information content (AvgIpc) is 3.12. The highest BCUT2D eigenvalue weighted by Gasteiger charge is 2.28. The molecule has 0 bridgehead atoms. The van der Waals surface area contributed by atoms with Gasteiger partial charge in [0.1, 0.15) is 5.75 Å². The van der Waals surface area contributed by atoms with E-state index in [9.17, 15) is 4.79 Å². The zero-order chi connectivity index (χ0) is 17.9. The molecule has 0 saturated carbocycles. The van der Waals surface area contributed by atoms with Gasteiger partial charge in [0.15, 0.2) is 5.69 Å². The molecule has 1 aromatic heterocycles. The maximum atomic E-state index is 12.6. The maximum Gasteiger partial charge on any atom is 0.274 e. The van der Waals surface area contributed by atoms with Gasteiger partial charge < -0.3 is 15.4 Å². The summed E-state index contributed by atoms with van der Waals surface area (Å²) in [6.45, 7) is 5.82. The van der Waals surface area contributed by atoms with Crippen molar-refractivity contribution in [2.24, 2.45) is 0 Å². The third-order valence-electron chi connectivity index (χ3n) is 4.63. The van der Waals surface area contributed by atoms with Crippen molar-refractivity contribution in [1.82, 2.24) is 25.6 Å². The second-order valence-electron chi connectivity index (χ2n) is 6.84. The predicted octanol–water partition coefficient (Wildman–Crippen LogP) is 1.88. The van der Waals surface area contributed by atoms with Crippen molar-refractivity contribution in [3.05, 3.63) is 41.7 Å². The Hall–Kier alpha value is -2.41. The Balaban J connectivity index is 1.74. The number of amides is 1. The average molecular weight is 343 g/mol. The summed E-state index contributed by atoms with van der Waals surface area (Å²) in [6, 6.07) is 7.98. The van der Waals surface area contributed by atoms with Gasteiger partial charge in [0.2, 0.25) is 0 Å². The molecule has 0 unspecified atom stereocenters. The van der Waals surface area contributed by atoms with E-state index in [-0.39, 0.29) is 5.91 Å². The van der Waals surface area contributed by atoms with Crippen molar-refractivity contribution in [2.45, 2.75) is 38.3 Å². The molecule has 1 aliphatic rings. The van der Waals surface area contributed by atoms with Gasteiger partial charge in [-0.1, -0.05) is 23.4 Å². The second kappa shape index (κ2) is 7.23. The highest BCUT2D eigenvalue weighted by Crippen LogP contribution is 2.29. The molecule has 25 heavy (non-hydrogen) atoms. The van der Waals surface area contributed by atoms with E-state index in [1.54, 1.807) is 13.3 Å². The minimum Gasteiger partial charge on any atom is -0.496 e. The van der Waals surface area contributed by atoms with Crippen LogP contribution < -0.4 is 15.4 Å². The number of benzene rings is 1. The topological polar surface area (TPSA) is 81.1 Å². The number of nitrogens with zero attached hydrogens (tertiary/aromatic N) is 3. The Morgan fingerprint density at radius 3 is 2.76 bits per heavy atom. The van der Waals surface area contributed by atoms with Crippen LogP contribution in [0.2, 0.25) is 0 Å². The molecule has 2 heterocycles. The number of hydrogen-bond donors (Lipinski definition) is 2. The van der Waals surface area contributed by atoms with E-state index in [0.717, 1.165) is 37.2 Å². The first kappa shape index (κ1) is 17.4. The highest BCUT2D eigenvalue weighted by molar-refractivity contribution is 5.92. The van der Waals surface area contributed by atoms with Gasteiger partial charge >= 0.3 is 0 Å². The van der Waals surface area contributed by atoms with Crippen LogP contribution in [-0.4, -0.2) is 41.1 Å². The number of aromatic nitrogens is 3. The molecule has 0 radical (unpaired) electrons. The van der Waals surface area contributed by atoms with E-state index in [1.165, 1.54) is 0 Å². The van der Waals surface area contributed by atoms with Crippen molar-refractivity contribution in [3.8, 4) is 5.75 Å². The maximum absolute atomic E-state index is 12.6. The summed E-state index contributed by atoms with van der Waals surface area (Å²) in [5, 5.41) is 14.6. The van der Waals surface area contributed by atoms with Crippen molar-refractivity contribution in [1.29, 1.82) is 0 Å². The normalized spacial score (nSPS) is 15.8. The van der Waals surface area contributed by atoms with Gasteiger partial charge in [0.25, 0.3) is 5.91 Å². The first-order valence-electron chi connectivity index (χ1n) is 8.60. The molecule has 2 N–H and O–H groups in total. The van der Waals surface area contributed by atoms with E-state index < -0.39 is 5.54 Å². The number of rotatable bonds is 5. The summed E-state index contributed by atoms with van der Waals surface area (Å²) in [6.07, 6.45) is 3.73. The van der Waals surface area contributed by atoms with E-state index >= 15 is 0 Å². The minimum atomic E-state index is -0.595. The van der Waals surface area contributed by atoms with Crippen LogP contribution >= 0.6 is 0 Å². The second-order valence-corrected chi connectivity index (χ2v) is 6.84. The van der Waals surface area contributed by atoms with Gasteiger partial charge in [-0.15, -0.1) is 5.10 Å². The molecule has 7 nitrogen and oxygen atoms in total. The Labute approximate surface area is 147 Å². The van der Waals surface area contributed by atoms with Crippen LogP contribution in [-0.2, 0) is 5.54 Å². The molecule has 0 aliphatic carbocycles. The predicted molar refractivity (Wildman–Crippen MR) is 94.6 cm³/mol. The van der Waals surface area contributed by atoms with Crippen LogP contribution in [0.5, 0.6) is 5.75 Å². The number of carbonyl (C=O) groups is 1. The minimum absolute atomic E-state index is 0.240. The summed E-state index contributed by atoms with van der Waals surface area (Å²) in [4.78, 5) is 12.6. The third-order valence-corrected chi connectivity index (χ3v) is 4.63. The van der Waals surface area contributed by atoms with E-state index in [1.807, 2.05) is 42.8 Å². The highest BCUT2D eigenvalue weighted by atomic mass is 16.5. The van der Waals surface area contributed by atoms with Crippen LogP contribution in [0.25, 0.3) is 0 Å². The Morgan fingerprint density at radius 1 is 1.32 bits per heavy atom. The SMILES string of the molecule is COc1ccccc1C(C)(C)NC(=O)c1cn(C2CCNCC2)nn1. The number of methoxy groups -OCH3 is 1. The van der Waals surface area contributed by atoms with Gasteiger partial charge in [-0.25, -0.2) is 4.68 Å². The first-order chi connectivity index (χ1) is 12.0. The molecule has 1 aromatic carbocycles. The number of nitrogens with one attached hydrogen (secondary N) is 2. The van der Waals surface area contributed by atoms with E-state index in [2.05, 4.69) is 20.9 Å². The molecular weight excluding hydrogens is 318 g/mol. The Morgan fingerprint density at radius 2 is 2.04 bits per heavy atom. The molecule has 3 rings (SSSR count). The molecule has 1 aliphatic heterocycles. The van der Waals surface area contributed by atoms with Crippen molar-refractivity contribution >= 4 is 5.91 Å². The number of ether oxygens (including phenoxy) is 1. The summed E-state index contributed by atoms with van der Waals surface area (Å²) in [7, 11) is 1.63. The molecular formula is C18H25N5O2. The molecule has 7 heteroatoms. The van der Waals surface area contributed by atoms with E-state index in [4.69, 9.17) is 4.74 Å². The molecule has 1 fully saturated rings. The lowest BCUT2D eigenvalue weighted by Crippen LogP contribution is -2.41. The summed E-state index contributed by atoms with van der Waals surface area (Å²) >= 11 is 0. The number of piperidine rings is 1. The smallest absolute Gasteiger partial charge is 0.274 e. The lowest BCUT2D eigenvalue weighted by atomic mass is 9.93. The fraction of sp³-hybridized carbons (Fsp3) is 0.500. The van der Waals surface area contributed by atoms with Crippen molar-refractivity contribution in [3.63, 3.8) is 0 Å². The number of carbonyl (C=O) groups excluding carboxylic acids is 1. The lowest BCUT2D eigenvalue weighted by Gasteiger charge is -2.28. The van der Waals surface area contributed by atoms with Crippen molar-refractivity contribution in [2.75, 3.05) is 20.2 Å². The lowest BCUT2D eigenvalue weighted by molar-refractivity contribution is 0.0906. The molecule has 1 saturated heterocycles. The third kappa shape index (κ3) is 3.82. The van der Waals surface area contributed by atoms with Crippen LogP contribution in [0.3, 0.4) is 0 Å². The van der Waals surface area contributed by atoms with E-state index in [0.29, 0.717) is 11.7 Å². The summed E-state index contributed by atoms with van der Waals surface area (Å²) in [5.74, 6) is 0.502. The molecule has 0 spiro atoms. The molecule has 2 aromatic rings. The van der Waals surface area contributed by atoms with Gasteiger partial charge in [0, 0.05) is 5.56 Å². The van der Waals surface area contributed by atoms with Crippen LogP contribution in [0.4, 0.5) is 0 Å². The Bertz CT molecular complexity index is 735. The summed E-state index contributed by atoms with van der Waals surface area (Å²) < 4.78 is 7.22. The largest absolute Gasteiger partial charge is 0.496 e. The van der Waals surface area contributed by atoms with Crippen LogP contribution in [0.1, 0.15) is 48.8 Å². The first-order valence-corrected chi connectivity index (χ1v) is 8.60. The van der Waals surface area contributed by atoms with Gasteiger partial charge in [0.05, 0.1) is 24.9 Å². The zero-order valence-corrected chi connectivity index (χ0v) is 15.0. The molecule has 1 amide bonds. The fourth-order valence-corrected chi connectivity index (χ4v) is 3.21. The Kier molecular flexibility index (Phi) is 5.03. The zero-order valence-electron chi connectivity index (χ0n) is 15.0. The number of para-hydroxylation sites is 1. The monoisotopic (exact) mass is 343 g/mol. The molecule has 134 valence electrons.